The molecule has 4 saturated carbocycles. The van der Waals surface area contributed by atoms with Crippen LogP contribution in [0, 0.1) is 50.7 Å². The van der Waals surface area contributed by atoms with Crippen molar-refractivity contribution in [2.75, 3.05) is 0 Å². The Hall–Kier alpha value is -0.0400. The Morgan fingerprint density at radius 1 is 0.742 bits per heavy atom. The van der Waals surface area contributed by atoms with E-state index in [9.17, 15) is 5.11 Å². The third-order valence-electron chi connectivity index (χ3n) is 13.2. The Morgan fingerprint density at radius 3 is 2.10 bits per heavy atom. The summed E-state index contributed by atoms with van der Waals surface area (Å²) in [4.78, 5) is 0. The molecule has 0 spiro atoms. The van der Waals surface area contributed by atoms with E-state index in [0.29, 0.717) is 27.1 Å². The van der Waals surface area contributed by atoms with E-state index in [1.54, 1.807) is 0 Å². The molecule has 1 nitrogen and oxygen atoms in total. The van der Waals surface area contributed by atoms with Gasteiger partial charge in [0.2, 0.25) is 0 Å². The van der Waals surface area contributed by atoms with Crippen LogP contribution in [0.2, 0.25) is 0 Å². The zero-order valence-electron chi connectivity index (χ0n) is 22.3. The average molecular weight is 431 g/mol. The number of fused-ring (bicyclic) bond motifs is 5. The van der Waals surface area contributed by atoms with Crippen LogP contribution < -0.4 is 0 Å². The van der Waals surface area contributed by atoms with Crippen molar-refractivity contribution in [2.45, 2.75) is 139 Å². The van der Waals surface area contributed by atoms with E-state index in [0.717, 1.165) is 36.5 Å². The van der Waals surface area contributed by atoms with E-state index in [-0.39, 0.29) is 6.10 Å². The molecule has 0 amide bonds. The first kappa shape index (κ1) is 24.1. The predicted molar refractivity (Wildman–Crippen MR) is 133 cm³/mol. The van der Waals surface area contributed by atoms with Crippen LogP contribution in [0.4, 0.5) is 0 Å². The Balaban J connectivity index is 1.60. The zero-order valence-corrected chi connectivity index (χ0v) is 22.3. The predicted octanol–water partition coefficient (Wildman–Crippen LogP) is 8.64. The molecule has 0 aromatic rings. The highest BCUT2D eigenvalue weighted by atomic mass is 16.3. The van der Waals surface area contributed by atoms with Gasteiger partial charge in [-0.1, -0.05) is 74.7 Å². The molecular formula is C30H54O. The molecule has 0 radical (unpaired) electrons. The summed E-state index contributed by atoms with van der Waals surface area (Å²) in [5.74, 6) is 3.51. The average Bonchev–Trinajstić information content (AvgIpc) is 2.95. The van der Waals surface area contributed by atoms with Crippen LogP contribution in [-0.4, -0.2) is 11.2 Å². The third kappa shape index (κ3) is 3.24. The van der Waals surface area contributed by atoms with Gasteiger partial charge >= 0.3 is 0 Å². The van der Waals surface area contributed by atoms with Crippen molar-refractivity contribution in [2.24, 2.45) is 50.7 Å². The summed E-state index contributed by atoms with van der Waals surface area (Å²) in [7, 11) is 0. The van der Waals surface area contributed by atoms with Gasteiger partial charge in [0.1, 0.15) is 0 Å². The Kier molecular flexibility index (Phi) is 6.02. The first-order chi connectivity index (χ1) is 14.3. The minimum atomic E-state index is -0.0646. The fourth-order valence-corrected chi connectivity index (χ4v) is 10.6. The first-order valence-electron chi connectivity index (χ1n) is 14.0. The molecule has 0 heterocycles. The van der Waals surface area contributed by atoms with Crippen LogP contribution in [0.3, 0.4) is 0 Å². The van der Waals surface area contributed by atoms with Gasteiger partial charge in [-0.2, -0.15) is 0 Å². The van der Waals surface area contributed by atoms with E-state index in [2.05, 4.69) is 55.4 Å². The van der Waals surface area contributed by atoms with Gasteiger partial charge in [-0.15, -0.1) is 0 Å². The Labute approximate surface area is 194 Å². The van der Waals surface area contributed by atoms with Crippen molar-refractivity contribution >= 4 is 0 Å². The largest absolute Gasteiger partial charge is 0.393 e. The highest BCUT2D eigenvalue weighted by Crippen LogP contribution is 2.79. The van der Waals surface area contributed by atoms with Gasteiger partial charge in [-0.3, -0.25) is 0 Å². The maximum Gasteiger partial charge on any atom is 0.0545 e. The molecule has 1 heteroatoms. The number of aliphatic hydroxyl groups is 1. The Bertz CT molecular complexity index is 669. The highest BCUT2D eigenvalue weighted by Gasteiger charge is 2.71. The van der Waals surface area contributed by atoms with Crippen LogP contribution in [0.1, 0.15) is 132 Å². The van der Waals surface area contributed by atoms with E-state index < -0.39 is 0 Å². The zero-order chi connectivity index (χ0) is 22.9. The van der Waals surface area contributed by atoms with Crippen molar-refractivity contribution in [3.05, 3.63) is 0 Å². The fraction of sp³-hybridized carbons (Fsp3) is 1.00. The second kappa shape index (κ2) is 7.74. The number of hydrogen-bond acceptors (Lipinski definition) is 1. The van der Waals surface area contributed by atoms with Gasteiger partial charge in [0.15, 0.2) is 0 Å². The summed E-state index contributed by atoms with van der Waals surface area (Å²) < 4.78 is 0. The molecule has 4 aliphatic rings. The van der Waals surface area contributed by atoms with Crippen LogP contribution >= 0.6 is 0 Å². The summed E-state index contributed by atoms with van der Waals surface area (Å²) in [6, 6.07) is 0. The lowest BCUT2D eigenvalue weighted by molar-refractivity contribution is -0.245. The van der Waals surface area contributed by atoms with Crippen molar-refractivity contribution in [3.8, 4) is 0 Å². The quantitative estimate of drug-likeness (QED) is 0.462. The molecule has 9 atom stereocenters. The summed E-state index contributed by atoms with van der Waals surface area (Å²) in [5, 5.41) is 10.6. The smallest absolute Gasteiger partial charge is 0.0545 e. The van der Waals surface area contributed by atoms with Crippen molar-refractivity contribution < 1.29 is 5.11 Å². The van der Waals surface area contributed by atoms with Gasteiger partial charge in [-0.05, 0) is 109 Å². The van der Waals surface area contributed by atoms with Crippen molar-refractivity contribution in [1.29, 1.82) is 0 Å². The maximum absolute atomic E-state index is 10.6. The van der Waals surface area contributed by atoms with E-state index in [4.69, 9.17) is 0 Å². The summed E-state index contributed by atoms with van der Waals surface area (Å²) >= 11 is 0. The molecule has 4 fully saturated rings. The Morgan fingerprint density at radius 2 is 1.42 bits per heavy atom. The molecular weight excluding hydrogens is 376 g/mol. The molecule has 180 valence electrons. The van der Waals surface area contributed by atoms with Crippen LogP contribution in [0.25, 0.3) is 0 Å². The first-order valence-corrected chi connectivity index (χ1v) is 14.0. The van der Waals surface area contributed by atoms with Crippen molar-refractivity contribution in [3.63, 3.8) is 0 Å². The second-order valence-electron chi connectivity index (χ2n) is 14.6. The molecule has 1 unspecified atom stereocenters. The molecule has 0 aromatic heterocycles. The topological polar surface area (TPSA) is 20.2 Å². The summed E-state index contributed by atoms with van der Waals surface area (Å²) in [6.07, 6.45) is 16.0. The van der Waals surface area contributed by atoms with E-state index in [1.165, 1.54) is 64.2 Å². The summed E-state index contributed by atoms with van der Waals surface area (Å²) in [5.41, 5.74) is 2.16. The second-order valence-corrected chi connectivity index (χ2v) is 14.6. The number of rotatable bonds is 5. The lowest BCUT2D eigenvalue weighted by Crippen LogP contribution is -2.66. The fourth-order valence-electron chi connectivity index (χ4n) is 10.6. The van der Waals surface area contributed by atoms with Crippen LogP contribution in [-0.2, 0) is 0 Å². The highest BCUT2D eigenvalue weighted by molar-refractivity contribution is 5.20. The van der Waals surface area contributed by atoms with Gasteiger partial charge in [0.25, 0.3) is 0 Å². The lowest BCUT2D eigenvalue weighted by atomic mass is 9.32. The van der Waals surface area contributed by atoms with Gasteiger partial charge in [-0.25, -0.2) is 0 Å². The normalized spacial score (nSPS) is 53.0. The van der Waals surface area contributed by atoms with Gasteiger partial charge in [0, 0.05) is 0 Å². The molecule has 1 N–H and O–H groups in total. The molecule has 0 saturated heterocycles. The number of hydrogen-bond donors (Lipinski definition) is 1. The van der Waals surface area contributed by atoms with Crippen LogP contribution in [0.5, 0.6) is 0 Å². The number of aliphatic hydroxyl groups excluding tert-OH is 1. The molecule has 31 heavy (non-hydrogen) atoms. The van der Waals surface area contributed by atoms with Crippen LogP contribution in [0.15, 0.2) is 0 Å². The molecule has 0 bridgehead atoms. The lowest BCUT2D eigenvalue weighted by Gasteiger charge is -2.73. The third-order valence-corrected chi connectivity index (χ3v) is 13.2. The minimum Gasteiger partial charge on any atom is -0.393 e. The standard InChI is InChI=1S/C30H54O/c1-21(2)10-9-11-22(3)24-13-16-28(6)25-14-15-26(4)20-23(31)12-17-30(26,8)29(25,7)19-18-27(24,28)5/h21-25,31H,9-20H2,1-8H3/t22?,23-,24+,25-,26-,27+,28-,29-,30-/m0/s1. The molecule has 0 aromatic carbocycles. The molecule has 4 aliphatic carbocycles. The van der Waals surface area contributed by atoms with Crippen molar-refractivity contribution in [1.82, 2.24) is 0 Å². The minimum absolute atomic E-state index is 0.0646. The maximum atomic E-state index is 10.6. The summed E-state index contributed by atoms with van der Waals surface area (Å²) in [6.45, 7) is 20.7. The van der Waals surface area contributed by atoms with Gasteiger partial charge < -0.3 is 5.11 Å². The monoisotopic (exact) mass is 430 g/mol. The molecule has 4 rings (SSSR count). The SMILES string of the molecule is CC(C)CCCC(C)[C@H]1CC[C@@]2(C)[C@@H]3CC[C@@]4(C)C[C@@H](O)CC[C@]4(C)[C@@]3(C)CC[C@]12C. The van der Waals surface area contributed by atoms with E-state index >= 15 is 0 Å². The molecule has 0 aliphatic heterocycles. The van der Waals surface area contributed by atoms with Gasteiger partial charge in [0.05, 0.1) is 6.10 Å². The van der Waals surface area contributed by atoms with E-state index in [1.807, 2.05) is 0 Å².